The van der Waals surface area contributed by atoms with Gasteiger partial charge in [0.2, 0.25) is 5.91 Å². The van der Waals surface area contributed by atoms with E-state index in [4.69, 9.17) is 0 Å². The van der Waals surface area contributed by atoms with Crippen molar-refractivity contribution < 1.29 is 4.79 Å². The zero-order valence-electron chi connectivity index (χ0n) is 8.25. The molecule has 2 rings (SSSR count). The van der Waals surface area contributed by atoms with Crippen LogP contribution >= 0.6 is 0 Å². The molecule has 1 saturated heterocycles. The van der Waals surface area contributed by atoms with Crippen molar-refractivity contribution in [3.8, 4) is 0 Å². The van der Waals surface area contributed by atoms with Gasteiger partial charge in [0.05, 0.1) is 0 Å². The molecule has 1 heterocycles. The van der Waals surface area contributed by atoms with Crippen LogP contribution in [0.5, 0.6) is 0 Å². The first-order valence-corrected chi connectivity index (χ1v) is 5.26. The third-order valence-electron chi connectivity index (χ3n) is 3.38. The SMILES string of the molecule is CN(C(=O)C1CCC1)[C@@H]1CCNC1. The first-order chi connectivity index (χ1) is 6.29. The summed E-state index contributed by atoms with van der Waals surface area (Å²) in [5, 5.41) is 3.29. The molecule has 1 saturated carbocycles. The van der Waals surface area contributed by atoms with Gasteiger partial charge in [0, 0.05) is 25.6 Å². The maximum atomic E-state index is 11.8. The number of likely N-dealkylation sites (N-methyl/N-ethyl adjacent to an activating group) is 1. The first kappa shape index (κ1) is 9.00. The van der Waals surface area contributed by atoms with Gasteiger partial charge in [-0.15, -0.1) is 0 Å². The summed E-state index contributed by atoms with van der Waals surface area (Å²) in [5.41, 5.74) is 0. The Morgan fingerprint density at radius 2 is 2.15 bits per heavy atom. The van der Waals surface area contributed by atoms with Crippen LogP contribution in [0.2, 0.25) is 0 Å². The molecule has 0 aromatic carbocycles. The van der Waals surface area contributed by atoms with E-state index < -0.39 is 0 Å². The standard InChI is InChI=1S/C10H18N2O/c1-12(9-5-6-11-7-9)10(13)8-3-2-4-8/h8-9,11H,2-7H2,1H3/t9-/m1/s1. The lowest BCUT2D eigenvalue weighted by Gasteiger charge is -2.32. The highest BCUT2D eigenvalue weighted by Crippen LogP contribution is 2.28. The number of amides is 1. The van der Waals surface area contributed by atoms with E-state index in [1.54, 1.807) is 0 Å². The molecule has 0 unspecified atom stereocenters. The van der Waals surface area contributed by atoms with Crippen molar-refractivity contribution in [1.29, 1.82) is 0 Å². The van der Waals surface area contributed by atoms with Crippen LogP contribution in [0.15, 0.2) is 0 Å². The maximum absolute atomic E-state index is 11.8. The third kappa shape index (κ3) is 1.70. The van der Waals surface area contributed by atoms with Crippen LogP contribution in [-0.2, 0) is 4.79 Å². The van der Waals surface area contributed by atoms with Crippen molar-refractivity contribution in [2.75, 3.05) is 20.1 Å². The molecule has 3 nitrogen and oxygen atoms in total. The minimum absolute atomic E-state index is 0.352. The highest BCUT2D eigenvalue weighted by Gasteiger charge is 2.31. The fourth-order valence-electron chi connectivity index (χ4n) is 2.09. The van der Waals surface area contributed by atoms with Crippen molar-refractivity contribution >= 4 is 5.91 Å². The zero-order chi connectivity index (χ0) is 9.26. The molecule has 1 aliphatic carbocycles. The number of rotatable bonds is 2. The predicted molar refractivity (Wildman–Crippen MR) is 51.4 cm³/mol. The van der Waals surface area contributed by atoms with Crippen LogP contribution in [0.4, 0.5) is 0 Å². The molecule has 1 amide bonds. The highest BCUT2D eigenvalue weighted by molar-refractivity contribution is 5.79. The molecule has 0 aromatic heterocycles. The van der Waals surface area contributed by atoms with E-state index in [1.165, 1.54) is 6.42 Å². The summed E-state index contributed by atoms with van der Waals surface area (Å²) in [5.74, 6) is 0.727. The van der Waals surface area contributed by atoms with Gasteiger partial charge < -0.3 is 10.2 Å². The van der Waals surface area contributed by atoms with Gasteiger partial charge in [-0.3, -0.25) is 4.79 Å². The lowest BCUT2D eigenvalue weighted by Crippen LogP contribution is -2.43. The monoisotopic (exact) mass is 182 g/mol. The van der Waals surface area contributed by atoms with Crippen LogP contribution in [-0.4, -0.2) is 37.0 Å². The molecular weight excluding hydrogens is 164 g/mol. The average Bonchev–Trinajstić information content (AvgIpc) is 2.51. The van der Waals surface area contributed by atoms with Gasteiger partial charge in [-0.05, 0) is 25.8 Å². The zero-order valence-corrected chi connectivity index (χ0v) is 8.25. The Labute approximate surface area is 79.5 Å². The third-order valence-corrected chi connectivity index (χ3v) is 3.38. The molecule has 74 valence electrons. The van der Waals surface area contributed by atoms with E-state index >= 15 is 0 Å². The minimum Gasteiger partial charge on any atom is -0.341 e. The van der Waals surface area contributed by atoms with Crippen LogP contribution in [0.25, 0.3) is 0 Å². The summed E-state index contributed by atoms with van der Waals surface area (Å²) in [6.45, 7) is 2.04. The van der Waals surface area contributed by atoms with E-state index in [-0.39, 0.29) is 0 Å². The summed E-state index contributed by atoms with van der Waals surface area (Å²) in [6, 6.07) is 0.452. The molecule has 13 heavy (non-hydrogen) atoms. The Balaban J connectivity index is 1.87. The quantitative estimate of drug-likeness (QED) is 0.678. The lowest BCUT2D eigenvalue weighted by atomic mass is 9.84. The van der Waals surface area contributed by atoms with Crippen LogP contribution in [0, 0.1) is 5.92 Å². The van der Waals surface area contributed by atoms with Gasteiger partial charge in [-0.1, -0.05) is 6.42 Å². The van der Waals surface area contributed by atoms with Crippen molar-refractivity contribution in [2.45, 2.75) is 31.7 Å². The Morgan fingerprint density at radius 3 is 2.62 bits per heavy atom. The van der Waals surface area contributed by atoms with E-state index in [2.05, 4.69) is 5.32 Å². The molecule has 1 atom stereocenters. The molecule has 1 aliphatic heterocycles. The molecule has 0 bridgehead atoms. The molecule has 0 radical (unpaired) electrons. The summed E-state index contributed by atoms with van der Waals surface area (Å²) in [4.78, 5) is 13.8. The molecule has 1 N–H and O–H groups in total. The summed E-state index contributed by atoms with van der Waals surface area (Å²) in [7, 11) is 1.96. The fraction of sp³-hybridized carbons (Fsp3) is 0.900. The Bertz CT molecular complexity index is 195. The number of hydrogen-bond acceptors (Lipinski definition) is 2. The Morgan fingerprint density at radius 1 is 1.38 bits per heavy atom. The average molecular weight is 182 g/mol. The second kappa shape index (κ2) is 3.66. The second-order valence-corrected chi connectivity index (χ2v) is 4.22. The van der Waals surface area contributed by atoms with Crippen molar-refractivity contribution in [3.63, 3.8) is 0 Å². The van der Waals surface area contributed by atoms with E-state index in [0.29, 0.717) is 17.9 Å². The molecule has 0 aromatic rings. The lowest BCUT2D eigenvalue weighted by molar-refractivity contribution is -0.138. The topological polar surface area (TPSA) is 32.3 Å². The molecule has 2 fully saturated rings. The number of hydrogen-bond donors (Lipinski definition) is 1. The fourth-order valence-corrected chi connectivity index (χ4v) is 2.09. The van der Waals surface area contributed by atoms with Crippen molar-refractivity contribution in [1.82, 2.24) is 10.2 Å². The summed E-state index contributed by atoms with van der Waals surface area (Å²) in [6.07, 6.45) is 4.59. The summed E-state index contributed by atoms with van der Waals surface area (Å²) >= 11 is 0. The molecule has 2 aliphatic rings. The van der Waals surface area contributed by atoms with E-state index in [0.717, 1.165) is 32.4 Å². The van der Waals surface area contributed by atoms with Gasteiger partial charge in [0.15, 0.2) is 0 Å². The van der Waals surface area contributed by atoms with Gasteiger partial charge >= 0.3 is 0 Å². The first-order valence-electron chi connectivity index (χ1n) is 5.26. The van der Waals surface area contributed by atoms with Crippen LogP contribution in [0.3, 0.4) is 0 Å². The maximum Gasteiger partial charge on any atom is 0.225 e. The predicted octanol–water partition coefficient (Wildman–Crippen LogP) is 0.607. The number of nitrogens with one attached hydrogen (secondary N) is 1. The minimum atomic E-state index is 0.352. The molecule has 3 heteroatoms. The largest absolute Gasteiger partial charge is 0.341 e. The molecule has 0 spiro atoms. The number of carbonyl (C=O) groups is 1. The van der Waals surface area contributed by atoms with E-state index in [9.17, 15) is 4.79 Å². The molecular formula is C10H18N2O. The Kier molecular flexibility index (Phi) is 2.54. The number of carbonyl (C=O) groups excluding carboxylic acids is 1. The van der Waals surface area contributed by atoms with Crippen LogP contribution in [0.1, 0.15) is 25.7 Å². The second-order valence-electron chi connectivity index (χ2n) is 4.22. The summed E-state index contributed by atoms with van der Waals surface area (Å²) < 4.78 is 0. The Hall–Kier alpha value is -0.570. The van der Waals surface area contributed by atoms with Gasteiger partial charge in [-0.25, -0.2) is 0 Å². The van der Waals surface area contributed by atoms with Gasteiger partial charge in [0.25, 0.3) is 0 Å². The van der Waals surface area contributed by atoms with Crippen molar-refractivity contribution in [3.05, 3.63) is 0 Å². The van der Waals surface area contributed by atoms with Gasteiger partial charge in [-0.2, -0.15) is 0 Å². The van der Waals surface area contributed by atoms with Crippen LogP contribution < -0.4 is 5.32 Å². The van der Waals surface area contributed by atoms with Crippen molar-refractivity contribution in [2.24, 2.45) is 5.92 Å². The number of nitrogens with zero attached hydrogens (tertiary/aromatic N) is 1. The highest BCUT2D eigenvalue weighted by atomic mass is 16.2. The van der Waals surface area contributed by atoms with Gasteiger partial charge in [0.1, 0.15) is 0 Å². The van der Waals surface area contributed by atoms with E-state index in [1.807, 2.05) is 11.9 Å². The normalized spacial score (nSPS) is 28.5. The smallest absolute Gasteiger partial charge is 0.225 e.